The number of rotatable bonds is 9. The van der Waals surface area contributed by atoms with Crippen molar-refractivity contribution in [3.8, 4) is 11.3 Å². The maximum atomic E-state index is 11.6. The lowest BCUT2D eigenvalue weighted by Crippen LogP contribution is -2.24. The van der Waals surface area contributed by atoms with Crippen molar-refractivity contribution < 1.29 is 19.1 Å². The number of hydrogen-bond donors (Lipinski definition) is 2. The number of nitrogens with one attached hydrogen (secondary N) is 1. The van der Waals surface area contributed by atoms with Gasteiger partial charge in [0, 0.05) is 31.4 Å². The minimum atomic E-state index is -0.850. The van der Waals surface area contributed by atoms with E-state index in [2.05, 4.69) is 10.3 Å². The fourth-order valence-corrected chi connectivity index (χ4v) is 2.12. The molecule has 1 aromatic heterocycles. The van der Waals surface area contributed by atoms with Crippen molar-refractivity contribution in [2.75, 3.05) is 6.54 Å². The molecule has 0 bridgehead atoms. The van der Waals surface area contributed by atoms with Gasteiger partial charge in [0.05, 0.1) is 6.20 Å². The zero-order chi connectivity index (χ0) is 16.5. The van der Waals surface area contributed by atoms with Gasteiger partial charge in [0.2, 0.25) is 5.91 Å². The van der Waals surface area contributed by atoms with Gasteiger partial charge in [-0.2, -0.15) is 0 Å². The standard InChI is InChI=1S/C17H20N2O4/c20-15(18-11-5-10-17(21)22)8-4-9-16-19-12-14(23-16)13-6-2-1-3-7-13/h1-3,6-7,12H,4-5,8-11H2,(H,18,20)(H,21,22). The Labute approximate surface area is 134 Å². The van der Waals surface area contributed by atoms with Crippen LogP contribution >= 0.6 is 0 Å². The van der Waals surface area contributed by atoms with E-state index in [1.54, 1.807) is 6.20 Å². The molecule has 0 saturated carbocycles. The Kier molecular flexibility index (Phi) is 6.35. The second kappa shape index (κ2) is 8.73. The van der Waals surface area contributed by atoms with Crippen LogP contribution in [0.3, 0.4) is 0 Å². The summed E-state index contributed by atoms with van der Waals surface area (Å²) in [7, 11) is 0. The molecule has 0 aliphatic carbocycles. The Morgan fingerprint density at radius 1 is 1.13 bits per heavy atom. The average molecular weight is 316 g/mol. The van der Waals surface area contributed by atoms with E-state index in [1.807, 2.05) is 30.3 Å². The number of carboxylic acids is 1. The van der Waals surface area contributed by atoms with Gasteiger partial charge in [-0.1, -0.05) is 30.3 Å². The van der Waals surface area contributed by atoms with Crippen LogP contribution in [-0.4, -0.2) is 28.5 Å². The van der Waals surface area contributed by atoms with Gasteiger partial charge >= 0.3 is 5.97 Å². The van der Waals surface area contributed by atoms with E-state index in [1.165, 1.54) is 0 Å². The van der Waals surface area contributed by atoms with E-state index in [0.29, 0.717) is 38.1 Å². The van der Waals surface area contributed by atoms with Crippen molar-refractivity contribution in [3.63, 3.8) is 0 Å². The van der Waals surface area contributed by atoms with Crippen molar-refractivity contribution in [2.45, 2.75) is 32.1 Å². The first-order valence-corrected chi connectivity index (χ1v) is 7.64. The van der Waals surface area contributed by atoms with Crippen LogP contribution in [0.15, 0.2) is 40.9 Å². The van der Waals surface area contributed by atoms with Gasteiger partial charge in [-0.05, 0) is 12.8 Å². The first-order valence-electron chi connectivity index (χ1n) is 7.64. The van der Waals surface area contributed by atoms with Crippen LogP contribution in [0, 0.1) is 0 Å². The Balaban J connectivity index is 1.67. The molecule has 2 N–H and O–H groups in total. The quantitative estimate of drug-likeness (QED) is 0.694. The van der Waals surface area contributed by atoms with E-state index >= 15 is 0 Å². The lowest BCUT2D eigenvalue weighted by Gasteiger charge is -2.03. The first-order chi connectivity index (χ1) is 11.1. The Hall–Kier alpha value is -2.63. The van der Waals surface area contributed by atoms with E-state index in [4.69, 9.17) is 9.52 Å². The number of benzene rings is 1. The van der Waals surface area contributed by atoms with Crippen LogP contribution in [0.5, 0.6) is 0 Å². The molecule has 0 aliphatic rings. The topological polar surface area (TPSA) is 92.4 Å². The summed E-state index contributed by atoms with van der Waals surface area (Å²) in [5.74, 6) is 0.406. The highest BCUT2D eigenvalue weighted by Crippen LogP contribution is 2.20. The maximum Gasteiger partial charge on any atom is 0.303 e. The highest BCUT2D eigenvalue weighted by Gasteiger charge is 2.07. The molecule has 0 aliphatic heterocycles. The number of nitrogens with zero attached hydrogens (tertiary/aromatic N) is 1. The summed E-state index contributed by atoms with van der Waals surface area (Å²) in [4.78, 5) is 26.2. The number of aliphatic carboxylic acids is 1. The molecule has 1 heterocycles. The number of carbonyl (C=O) groups is 2. The Bertz CT molecular complexity index is 637. The molecule has 6 nitrogen and oxygen atoms in total. The fraction of sp³-hybridized carbons (Fsp3) is 0.353. The zero-order valence-electron chi connectivity index (χ0n) is 12.8. The number of hydrogen-bond acceptors (Lipinski definition) is 4. The first kappa shape index (κ1) is 16.7. The zero-order valence-corrected chi connectivity index (χ0v) is 12.8. The van der Waals surface area contributed by atoms with Crippen LogP contribution in [0.1, 0.15) is 31.6 Å². The summed E-state index contributed by atoms with van der Waals surface area (Å²) in [6.07, 6.45) is 3.81. The molecule has 0 atom stereocenters. The molecule has 2 rings (SSSR count). The summed E-state index contributed by atoms with van der Waals surface area (Å²) in [5.41, 5.74) is 0.974. The van der Waals surface area contributed by atoms with Crippen molar-refractivity contribution in [1.82, 2.24) is 10.3 Å². The molecule has 23 heavy (non-hydrogen) atoms. The minimum Gasteiger partial charge on any atom is -0.481 e. The van der Waals surface area contributed by atoms with Crippen LogP contribution in [0.25, 0.3) is 11.3 Å². The summed E-state index contributed by atoms with van der Waals surface area (Å²) >= 11 is 0. The third-order valence-corrected chi connectivity index (χ3v) is 3.30. The summed E-state index contributed by atoms with van der Waals surface area (Å²) < 4.78 is 5.67. The molecule has 122 valence electrons. The smallest absolute Gasteiger partial charge is 0.303 e. The predicted molar refractivity (Wildman–Crippen MR) is 84.8 cm³/mol. The Morgan fingerprint density at radius 2 is 1.91 bits per heavy atom. The van der Waals surface area contributed by atoms with Crippen molar-refractivity contribution in [2.24, 2.45) is 0 Å². The predicted octanol–water partition coefficient (Wildman–Crippen LogP) is 2.65. The summed E-state index contributed by atoms with van der Waals surface area (Å²) in [5, 5.41) is 11.2. The van der Waals surface area contributed by atoms with Gasteiger partial charge in [-0.3, -0.25) is 9.59 Å². The maximum absolute atomic E-state index is 11.6. The normalized spacial score (nSPS) is 10.4. The molecule has 1 aromatic carbocycles. The molecule has 0 radical (unpaired) electrons. The van der Waals surface area contributed by atoms with Crippen LogP contribution in [-0.2, 0) is 16.0 Å². The minimum absolute atomic E-state index is 0.0683. The van der Waals surface area contributed by atoms with Gasteiger partial charge < -0.3 is 14.8 Å². The van der Waals surface area contributed by atoms with E-state index < -0.39 is 5.97 Å². The molecule has 1 amide bonds. The van der Waals surface area contributed by atoms with Crippen LogP contribution in [0.4, 0.5) is 0 Å². The molecule has 6 heteroatoms. The third-order valence-electron chi connectivity index (χ3n) is 3.30. The highest BCUT2D eigenvalue weighted by molar-refractivity contribution is 5.75. The summed E-state index contributed by atoms with van der Waals surface area (Å²) in [6, 6.07) is 9.72. The van der Waals surface area contributed by atoms with Crippen molar-refractivity contribution in [3.05, 3.63) is 42.4 Å². The average Bonchev–Trinajstić information content (AvgIpc) is 3.01. The molecular weight excluding hydrogens is 296 g/mol. The molecule has 0 saturated heterocycles. The Morgan fingerprint density at radius 3 is 2.65 bits per heavy atom. The third kappa shape index (κ3) is 5.94. The van der Waals surface area contributed by atoms with Crippen LogP contribution < -0.4 is 5.32 Å². The van der Waals surface area contributed by atoms with E-state index in [-0.39, 0.29) is 12.3 Å². The molecule has 2 aromatic rings. The largest absolute Gasteiger partial charge is 0.481 e. The number of aryl methyl sites for hydroxylation is 1. The number of carboxylic acid groups (broad SMARTS) is 1. The van der Waals surface area contributed by atoms with Crippen molar-refractivity contribution >= 4 is 11.9 Å². The second-order valence-corrected chi connectivity index (χ2v) is 5.19. The van der Waals surface area contributed by atoms with Gasteiger partial charge in [0.15, 0.2) is 11.7 Å². The van der Waals surface area contributed by atoms with Gasteiger partial charge in [0.25, 0.3) is 0 Å². The van der Waals surface area contributed by atoms with E-state index in [0.717, 1.165) is 11.3 Å². The molecule has 0 unspecified atom stereocenters. The molecular formula is C17H20N2O4. The van der Waals surface area contributed by atoms with Gasteiger partial charge in [-0.15, -0.1) is 0 Å². The lowest BCUT2D eigenvalue weighted by atomic mass is 10.2. The lowest BCUT2D eigenvalue weighted by molar-refractivity contribution is -0.137. The van der Waals surface area contributed by atoms with Gasteiger partial charge in [-0.25, -0.2) is 4.98 Å². The van der Waals surface area contributed by atoms with E-state index in [9.17, 15) is 9.59 Å². The number of amides is 1. The number of oxazole rings is 1. The highest BCUT2D eigenvalue weighted by atomic mass is 16.4. The SMILES string of the molecule is O=C(O)CCCNC(=O)CCCc1ncc(-c2ccccc2)o1. The number of aromatic nitrogens is 1. The molecule has 0 fully saturated rings. The number of carbonyl (C=O) groups excluding carboxylic acids is 1. The fourth-order valence-electron chi connectivity index (χ4n) is 2.12. The van der Waals surface area contributed by atoms with Crippen molar-refractivity contribution in [1.29, 1.82) is 0 Å². The second-order valence-electron chi connectivity index (χ2n) is 5.19. The monoisotopic (exact) mass is 316 g/mol. The van der Waals surface area contributed by atoms with Gasteiger partial charge in [0.1, 0.15) is 0 Å². The van der Waals surface area contributed by atoms with Crippen LogP contribution in [0.2, 0.25) is 0 Å². The summed E-state index contributed by atoms with van der Waals surface area (Å²) in [6.45, 7) is 0.391. The molecule has 0 spiro atoms.